The Balaban J connectivity index is 1.90. The predicted octanol–water partition coefficient (Wildman–Crippen LogP) is 5.21. The van der Waals surface area contributed by atoms with E-state index < -0.39 is 0 Å². The van der Waals surface area contributed by atoms with Crippen LogP contribution in [0.1, 0.15) is 48.1 Å². The smallest absolute Gasteiger partial charge is 0.0302 e. The molecule has 114 valence electrons. The summed E-state index contributed by atoms with van der Waals surface area (Å²) < 4.78 is 0. The number of nitrogens with one attached hydrogen (secondary N) is 1. The van der Waals surface area contributed by atoms with Crippen molar-refractivity contribution in [1.82, 2.24) is 5.32 Å². The second-order valence-corrected chi connectivity index (χ2v) is 8.03. The van der Waals surface area contributed by atoms with E-state index in [9.17, 15) is 0 Å². The third kappa shape index (κ3) is 4.42. The SMILES string of the molecule is Cc1cc(CNC(C)CC(C)(C)c2ccccc2)sc1C. The first-order valence-corrected chi connectivity index (χ1v) is 8.55. The average Bonchev–Trinajstić information content (AvgIpc) is 2.76. The van der Waals surface area contributed by atoms with Gasteiger partial charge in [-0.25, -0.2) is 0 Å². The Morgan fingerprint density at radius 2 is 1.81 bits per heavy atom. The third-order valence-electron chi connectivity index (χ3n) is 4.21. The molecule has 21 heavy (non-hydrogen) atoms. The van der Waals surface area contributed by atoms with Crippen molar-refractivity contribution in [2.24, 2.45) is 0 Å². The molecule has 0 fully saturated rings. The lowest BCUT2D eigenvalue weighted by Crippen LogP contribution is -2.32. The number of rotatable bonds is 6. The predicted molar refractivity (Wildman–Crippen MR) is 94.2 cm³/mol. The van der Waals surface area contributed by atoms with Gasteiger partial charge in [-0.15, -0.1) is 11.3 Å². The van der Waals surface area contributed by atoms with E-state index in [0.717, 1.165) is 13.0 Å². The van der Waals surface area contributed by atoms with E-state index in [1.807, 2.05) is 11.3 Å². The molecule has 1 aromatic carbocycles. The van der Waals surface area contributed by atoms with Crippen molar-refractivity contribution in [1.29, 1.82) is 0 Å². The number of hydrogen-bond acceptors (Lipinski definition) is 2. The van der Waals surface area contributed by atoms with Gasteiger partial charge in [0.05, 0.1) is 0 Å². The van der Waals surface area contributed by atoms with Gasteiger partial charge in [-0.3, -0.25) is 0 Å². The van der Waals surface area contributed by atoms with Gasteiger partial charge < -0.3 is 5.32 Å². The van der Waals surface area contributed by atoms with Crippen molar-refractivity contribution < 1.29 is 0 Å². The Morgan fingerprint density at radius 3 is 2.38 bits per heavy atom. The van der Waals surface area contributed by atoms with Crippen LogP contribution in [-0.2, 0) is 12.0 Å². The molecular weight excluding hydrogens is 274 g/mol. The summed E-state index contributed by atoms with van der Waals surface area (Å²) in [5.41, 5.74) is 3.03. The molecule has 0 bridgehead atoms. The summed E-state index contributed by atoms with van der Waals surface area (Å²) in [6, 6.07) is 13.6. The van der Waals surface area contributed by atoms with Crippen molar-refractivity contribution in [3.05, 3.63) is 57.3 Å². The number of aryl methyl sites for hydroxylation is 2. The topological polar surface area (TPSA) is 12.0 Å². The highest BCUT2D eigenvalue weighted by Crippen LogP contribution is 2.28. The molecule has 1 atom stereocenters. The van der Waals surface area contributed by atoms with E-state index in [2.05, 4.69) is 76.3 Å². The Kier molecular flexibility index (Phi) is 5.23. The van der Waals surface area contributed by atoms with E-state index >= 15 is 0 Å². The molecule has 0 amide bonds. The van der Waals surface area contributed by atoms with Crippen LogP contribution in [0.15, 0.2) is 36.4 Å². The van der Waals surface area contributed by atoms with E-state index in [0.29, 0.717) is 6.04 Å². The fourth-order valence-electron chi connectivity index (χ4n) is 2.86. The van der Waals surface area contributed by atoms with Gasteiger partial charge in [0.1, 0.15) is 0 Å². The first-order valence-electron chi connectivity index (χ1n) is 7.73. The fraction of sp³-hybridized carbons (Fsp3) is 0.474. The molecule has 0 aliphatic rings. The fourth-order valence-corrected chi connectivity index (χ4v) is 3.86. The molecule has 0 aliphatic heterocycles. The van der Waals surface area contributed by atoms with E-state index in [1.165, 1.54) is 20.9 Å². The maximum absolute atomic E-state index is 3.68. The molecule has 2 rings (SSSR count). The van der Waals surface area contributed by atoms with Crippen LogP contribution in [0.2, 0.25) is 0 Å². The molecule has 0 aliphatic carbocycles. The molecule has 1 aromatic heterocycles. The van der Waals surface area contributed by atoms with Crippen LogP contribution in [-0.4, -0.2) is 6.04 Å². The first kappa shape index (κ1) is 16.3. The van der Waals surface area contributed by atoms with E-state index in [4.69, 9.17) is 0 Å². The lowest BCUT2D eigenvalue weighted by atomic mass is 9.79. The van der Waals surface area contributed by atoms with Crippen LogP contribution in [0.25, 0.3) is 0 Å². The number of hydrogen-bond donors (Lipinski definition) is 1. The molecular formula is C19H27NS. The second-order valence-electron chi connectivity index (χ2n) is 6.69. The Labute approximate surface area is 133 Å². The molecule has 0 radical (unpaired) electrons. The second kappa shape index (κ2) is 6.76. The lowest BCUT2D eigenvalue weighted by Gasteiger charge is -2.29. The van der Waals surface area contributed by atoms with Gasteiger partial charge in [-0.2, -0.15) is 0 Å². The molecule has 1 heterocycles. The largest absolute Gasteiger partial charge is 0.309 e. The van der Waals surface area contributed by atoms with E-state index in [-0.39, 0.29) is 5.41 Å². The zero-order valence-corrected chi connectivity index (χ0v) is 14.7. The van der Waals surface area contributed by atoms with E-state index in [1.54, 1.807) is 0 Å². The first-order chi connectivity index (χ1) is 9.88. The van der Waals surface area contributed by atoms with Crippen molar-refractivity contribution in [2.45, 2.75) is 59.0 Å². The Bertz CT molecular complexity index is 549. The highest BCUT2D eigenvalue weighted by atomic mass is 32.1. The molecule has 1 nitrogen and oxygen atoms in total. The minimum atomic E-state index is 0.203. The monoisotopic (exact) mass is 301 g/mol. The van der Waals surface area contributed by atoms with Crippen molar-refractivity contribution in [3.8, 4) is 0 Å². The van der Waals surface area contributed by atoms with Crippen molar-refractivity contribution in [3.63, 3.8) is 0 Å². The van der Waals surface area contributed by atoms with Crippen LogP contribution in [0.4, 0.5) is 0 Å². The summed E-state index contributed by atoms with van der Waals surface area (Å²) in [4.78, 5) is 2.87. The molecule has 1 N–H and O–H groups in total. The highest BCUT2D eigenvalue weighted by Gasteiger charge is 2.22. The Hall–Kier alpha value is -1.12. The van der Waals surface area contributed by atoms with Gasteiger partial charge >= 0.3 is 0 Å². The summed E-state index contributed by atoms with van der Waals surface area (Å²) in [6.45, 7) is 12.3. The molecule has 2 aromatic rings. The normalized spacial score (nSPS) is 13.4. The number of benzene rings is 1. The van der Waals surface area contributed by atoms with Crippen molar-refractivity contribution in [2.75, 3.05) is 0 Å². The van der Waals surface area contributed by atoms with Gasteiger partial charge in [-0.05, 0) is 49.8 Å². The molecule has 0 saturated carbocycles. The maximum Gasteiger partial charge on any atom is 0.0302 e. The molecule has 2 heteroatoms. The quantitative estimate of drug-likeness (QED) is 0.772. The highest BCUT2D eigenvalue weighted by molar-refractivity contribution is 7.12. The molecule has 0 spiro atoms. The van der Waals surface area contributed by atoms with Gasteiger partial charge in [0.15, 0.2) is 0 Å². The summed E-state index contributed by atoms with van der Waals surface area (Å²) in [7, 11) is 0. The van der Waals surface area contributed by atoms with Crippen LogP contribution < -0.4 is 5.32 Å². The number of thiophene rings is 1. The standard InChI is InChI=1S/C19H27NS/c1-14-11-18(21-16(14)3)13-20-15(2)12-19(4,5)17-9-7-6-8-10-17/h6-11,15,20H,12-13H2,1-5H3. The van der Waals surface area contributed by atoms with Crippen LogP contribution >= 0.6 is 11.3 Å². The Morgan fingerprint density at radius 1 is 1.14 bits per heavy atom. The van der Waals surface area contributed by atoms with Gasteiger partial charge in [-0.1, -0.05) is 44.2 Å². The zero-order chi connectivity index (χ0) is 15.5. The summed E-state index contributed by atoms with van der Waals surface area (Å²) in [6.07, 6.45) is 1.14. The minimum Gasteiger partial charge on any atom is -0.309 e. The zero-order valence-electron chi connectivity index (χ0n) is 13.9. The summed E-state index contributed by atoms with van der Waals surface area (Å²) in [5, 5.41) is 3.68. The van der Waals surface area contributed by atoms with Crippen LogP contribution in [0.5, 0.6) is 0 Å². The van der Waals surface area contributed by atoms with Gasteiger partial charge in [0.2, 0.25) is 0 Å². The van der Waals surface area contributed by atoms with Gasteiger partial charge in [0.25, 0.3) is 0 Å². The minimum absolute atomic E-state index is 0.203. The molecule has 1 unspecified atom stereocenters. The summed E-state index contributed by atoms with van der Waals surface area (Å²) >= 11 is 1.91. The van der Waals surface area contributed by atoms with Crippen LogP contribution in [0, 0.1) is 13.8 Å². The van der Waals surface area contributed by atoms with Crippen molar-refractivity contribution >= 4 is 11.3 Å². The van der Waals surface area contributed by atoms with Crippen LogP contribution in [0.3, 0.4) is 0 Å². The third-order valence-corrected chi connectivity index (χ3v) is 5.37. The van der Waals surface area contributed by atoms with Gasteiger partial charge in [0, 0.05) is 22.3 Å². The molecule has 0 saturated heterocycles. The summed E-state index contributed by atoms with van der Waals surface area (Å²) in [5.74, 6) is 0. The lowest BCUT2D eigenvalue weighted by molar-refractivity contribution is 0.389. The average molecular weight is 301 g/mol. The maximum atomic E-state index is 3.68.